The van der Waals surface area contributed by atoms with Crippen LogP contribution < -0.4 is 4.90 Å². The normalized spacial score (nSPS) is 26.8. The van der Waals surface area contributed by atoms with E-state index in [4.69, 9.17) is 0 Å². The summed E-state index contributed by atoms with van der Waals surface area (Å²) in [6.45, 7) is 1.12. The highest BCUT2D eigenvalue weighted by Gasteiger charge is 2.36. The van der Waals surface area contributed by atoms with Crippen LogP contribution in [0.5, 0.6) is 0 Å². The highest BCUT2D eigenvalue weighted by atomic mass is 32.1. The van der Waals surface area contributed by atoms with Crippen molar-refractivity contribution in [2.24, 2.45) is 0 Å². The first-order chi connectivity index (χ1) is 11.6. The minimum atomic E-state index is -0.710. The van der Waals surface area contributed by atoms with E-state index in [0.29, 0.717) is 25.1 Å². The first-order valence-corrected chi connectivity index (χ1v) is 9.05. The molecule has 2 aromatic rings. The van der Waals surface area contributed by atoms with Crippen molar-refractivity contribution < 1.29 is 19.9 Å². The summed E-state index contributed by atoms with van der Waals surface area (Å²) >= 11 is 1.44. The average Bonchev–Trinajstić information content (AvgIpc) is 2.97. The molecule has 0 spiro atoms. The summed E-state index contributed by atoms with van der Waals surface area (Å²) in [6.07, 6.45) is -1.06. The Kier molecular flexibility index (Phi) is 3.89. The zero-order valence-electron chi connectivity index (χ0n) is 13.5. The van der Waals surface area contributed by atoms with E-state index in [0.717, 1.165) is 32.0 Å². The van der Waals surface area contributed by atoms with E-state index in [-0.39, 0.29) is 5.78 Å². The fourth-order valence-electron chi connectivity index (χ4n) is 3.87. The number of ketones is 1. The molecule has 2 atom stereocenters. The van der Waals surface area contributed by atoms with Crippen molar-refractivity contribution in [3.05, 3.63) is 62.9 Å². The Bertz CT molecular complexity index is 825. The Labute approximate surface area is 144 Å². The molecule has 124 valence electrons. The maximum atomic E-state index is 12.6. The van der Waals surface area contributed by atoms with Crippen LogP contribution in [-0.2, 0) is 6.42 Å². The molecule has 2 aliphatic rings. The van der Waals surface area contributed by atoms with Crippen LogP contribution in [0.2, 0.25) is 0 Å². The van der Waals surface area contributed by atoms with E-state index < -0.39 is 12.2 Å². The first-order valence-electron chi connectivity index (χ1n) is 8.17. The molecule has 1 aliphatic carbocycles. The van der Waals surface area contributed by atoms with Gasteiger partial charge in [-0.15, -0.1) is 11.3 Å². The molecule has 0 saturated carbocycles. The molecule has 2 heterocycles. The van der Waals surface area contributed by atoms with Gasteiger partial charge in [0.15, 0.2) is 5.78 Å². The number of aliphatic hydroxyl groups excluding tert-OH is 2. The van der Waals surface area contributed by atoms with Crippen LogP contribution in [0.4, 0.5) is 0 Å². The number of nitrogens with one attached hydrogen (secondary N) is 1. The molecule has 1 aromatic carbocycles. The molecule has 0 radical (unpaired) electrons. The van der Waals surface area contributed by atoms with Crippen LogP contribution in [0.15, 0.2) is 41.3 Å². The summed E-state index contributed by atoms with van der Waals surface area (Å²) in [6, 6.07) is 9.76. The Morgan fingerprint density at radius 1 is 1.08 bits per heavy atom. The van der Waals surface area contributed by atoms with Crippen LogP contribution >= 0.6 is 11.3 Å². The molecule has 4 nitrogen and oxygen atoms in total. The third kappa shape index (κ3) is 2.45. The summed E-state index contributed by atoms with van der Waals surface area (Å²) < 4.78 is 0. The average molecular weight is 342 g/mol. The number of likely N-dealkylation sites (N-methyl/N-ethyl adjacent to an activating group) is 1. The van der Waals surface area contributed by atoms with Gasteiger partial charge in [-0.2, -0.15) is 0 Å². The van der Waals surface area contributed by atoms with Gasteiger partial charge >= 0.3 is 0 Å². The monoisotopic (exact) mass is 342 g/mol. The molecule has 3 N–H and O–H groups in total. The molecular weight excluding hydrogens is 322 g/mol. The van der Waals surface area contributed by atoms with Gasteiger partial charge in [0.1, 0.15) is 25.3 Å². The van der Waals surface area contributed by atoms with Gasteiger partial charge in [-0.25, -0.2) is 0 Å². The number of thiophene rings is 1. The number of benzene rings is 1. The van der Waals surface area contributed by atoms with Gasteiger partial charge < -0.3 is 15.1 Å². The molecule has 5 heteroatoms. The number of fused-ring (bicyclic) bond motifs is 2. The van der Waals surface area contributed by atoms with E-state index in [1.807, 2.05) is 42.8 Å². The minimum Gasteiger partial charge on any atom is -0.383 e. The van der Waals surface area contributed by atoms with Crippen molar-refractivity contribution in [2.75, 3.05) is 20.1 Å². The molecule has 1 aliphatic heterocycles. The van der Waals surface area contributed by atoms with Crippen molar-refractivity contribution in [2.45, 2.75) is 18.6 Å². The van der Waals surface area contributed by atoms with E-state index in [2.05, 4.69) is 0 Å². The van der Waals surface area contributed by atoms with Crippen LogP contribution in [0.25, 0.3) is 5.57 Å². The molecule has 1 fully saturated rings. The maximum absolute atomic E-state index is 12.6. The lowest BCUT2D eigenvalue weighted by Crippen LogP contribution is -3.12. The van der Waals surface area contributed by atoms with Gasteiger partial charge in [0, 0.05) is 17.6 Å². The lowest BCUT2D eigenvalue weighted by atomic mass is 9.85. The Morgan fingerprint density at radius 2 is 1.79 bits per heavy atom. The second-order valence-corrected chi connectivity index (χ2v) is 7.56. The van der Waals surface area contributed by atoms with Crippen molar-refractivity contribution in [3.63, 3.8) is 0 Å². The lowest BCUT2D eigenvalue weighted by Gasteiger charge is -2.32. The molecule has 1 saturated heterocycles. The molecular formula is C19H20NO3S+. The molecule has 0 bridgehead atoms. The summed E-state index contributed by atoms with van der Waals surface area (Å²) in [5.41, 5.74) is 4.26. The van der Waals surface area contributed by atoms with E-state index in [1.165, 1.54) is 11.3 Å². The Balaban J connectivity index is 2.03. The first kappa shape index (κ1) is 15.7. The number of carbonyl (C=O) groups excluding carboxylic acids is 1. The summed E-state index contributed by atoms with van der Waals surface area (Å²) in [7, 11) is 1.97. The van der Waals surface area contributed by atoms with Gasteiger partial charge in [-0.3, -0.25) is 4.79 Å². The smallest absolute Gasteiger partial charge is 0.177 e. The largest absolute Gasteiger partial charge is 0.383 e. The van der Waals surface area contributed by atoms with Crippen LogP contribution in [0, 0.1) is 0 Å². The summed E-state index contributed by atoms with van der Waals surface area (Å²) in [5.74, 6) is 0.102. The Hall–Kier alpha value is -1.79. The SMILES string of the molecule is C[NH+]1CC(O)C(=C2c3ccccc3CC(=O)c3sccc32)C(O)C1. The number of Topliss-reactive ketones (excluding diaryl/α,β-unsaturated/α-hetero) is 1. The molecule has 4 rings (SSSR count). The van der Waals surface area contributed by atoms with Crippen LogP contribution in [0.3, 0.4) is 0 Å². The number of likely N-dealkylation sites (tertiary alicyclic amines) is 1. The van der Waals surface area contributed by atoms with E-state index >= 15 is 0 Å². The van der Waals surface area contributed by atoms with Crippen molar-refractivity contribution in [3.8, 4) is 0 Å². The van der Waals surface area contributed by atoms with Gasteiger partial charge in [-0.1, -0.05) is 24.3 Å². The second-order valence-electron chi connectivity index (χ2n) is 6.65. The summed E-state index contributed by atoms with van der Waals surface area (Å²) in [4.78, 5) is 14.5. The number of quaternary nitrogens is 1. The predicted molar refractivity (Wildman–Crippen MR) is 93.5 cm³/mol. The van der Waals surface area contributed by atoms with Crippen molar-refractivity contribution in [1.82, 2.24) is 0 Å². The number of hydrogen-bond donors (Lipinski definition) is 3. The van der Waals surface area contributed by atoms with E-state index in [1.54, 1.807) is 0 Å². The molecule has 1 aromatic heterocycles. The quantitative estimate of drug-likeness (QED) is 0.655. The number of aliphatic hydroxyl groups is 2. The van der Waals surface area contributed by atoms with Crippen LogP contribution in [0.1, 0.15) is 26.4 Å². The molecule has 24 heavy (non-hydrogen) atoms. The van der Waals surface area contributed by atoms with Gasteiger partial charge in [-0.05, 0) is 28.1 Å². The number of hydrogen-bond acceptors (Lipinski definition) is 4. The topological polar surface area (TPSA) is 62.0 Å². The predicted octanol–water partition coefficient (Wildman–Crippen LogP) is 0.539. The van der Waals surface area contributed by atoms with Gasteiger partial charge in [0.25, 0.3) is 0 Å². The lowest BCUT2D eigenvalue weighted by molar-refractivity contribution is -0.889. The van der Waals surface area contributed by atoms with Crippen molar-refractivity contribution >= 4 is 22.7 Å². The number of carbonyl (C=O) groups is 1. The zero-order valence-corrected chi connectivity index (χ0v) is 14.3. The molecule has 0 amide bonds. The third-order valence-corrected chi connectivity index (χ3v) is 5.87. The standard InChI is InChI=1S/C19H19NO3S/c1-20-9-15(22)18(16(23)10-20)17-12-5-3-2-4-11(12)8-14(21)19-13(17)6-7-24-19/h2-7,15-16,22-23H,8-10H2,1H3/p+1. The third-order valence-electron chi connectivity index (χ3n) is 4.92. The fourth-order valence-corrected chi connectivity index (χ4v) is 4.71. The maximum Gasteiger partial charge on any atom is 0.177 e. The fraction of sp³-hybridized carbons (Fsp3) is 0.316. The van der Waals surface area contributed by atoms with Gasteiger partial charge in [0.05, 0.1) is 11.9 Å². The van der Waals surface area contributed by atoms with Crippen molar-refractivity contribution in [1.29, 1.82) is 0 Å². The van der Waals surface area contributed by atoms with E-state index in [9.17, 15) is 15.0 Å². The minimum absolute atomic E-state index is 0.102. The van der Waals surface area contributed by atoms with Gasteiger partial charge in [0.2, 0.25) is 0 Å². The Morgan fingerprint density at radius 3 is 2.54 bits per heavy atom. The second kappa shape index (κ2) is 5.93. The van der Waals surface area contributed by atoms with Crippen LogP contribution in [-0.4, -0.2) is 48.3 Å². The summed E-state index contributed by atoms with van der Waals surface area (Å²) in [5, 5.41) is 23.3. The highest BCUT2D eigenvalue weighted by Crippen LogP contribution is 2.39. The molecule has 2 unspecified atom stereocenters. The number of piperidine rings is 1. The number of rotatable bonds is 0. The zero-order chi connectivity index (χ0) is 16.8. The highest BCUT2D eigenvalue weighted by molar-refractivity contribution is 7.12.